The first-order valence-electron chi connectivity index (χ1n) is 6.11. The number of hydrogen-bond acceptors (Lipinski definition) is 5. The summed E-state index contributed by atoms with van der Waals surface area (Å²) in [4.78, 5) is 3.97. The maximum atomic E-state index is 12.5. The van der Waals surface area contributed by atoms with Gasteiger partial charge in [0.2, 0.25) is 0 Å². The Morgan fingerprint density at radius 1 is 1.47 bits per heavy atom. The largest absolute Gasteiger partial charge is 0.443 e. The fourth-order valence-corrected chi connectivity index (χ4v) is 4.43. The molecule has 3 nitrogen and oxygen atoms in total. The molecule has 0 saturated heterocycles. The number of nitrogens with zero attached hydrogens (tertiary/aromatic N) is 1. The van der Waals surface area contributed by atoms with Gasteiger partial charge in [-0.1, -0.05) is 12.8 Å². The van der Waals surface area contributed by atoms with Gasteiger partial charge in [0.1, 0.15) is 0 Å². The maximum absolute atomic E-state index is 12.5. The van der Waals surface area contributed by atoms with Crippen molar-refractivity contribution in [3.05, 3.63) is 16.1 Å². The molecule has 1 saturated carbocycles. The van der Waals surface area contributed by atoms with Crippen LogP contribution in [0, 0.1) is 0 Å². The van der Waals surface area contributed by atoms with Crippen molar-refractivity contribution in [2.75, 3.05) is 5.75 Å². The van der Waals surface area contributed by atoms with Crippen LogP contribution < -0.4 is 11.3 Å². The fourth-order valence-electron chi connectivity index (χ4n) is 2.08. The van der Waals surface area contributed by atoms with Gasteiger partial charge in [-0.05, 0) is 12.8 Å². The molecule has 0 spiro atoms. The van der Waals surface area contributed by atoms with Gasteiger partial charge < -0.3 is 0 Å². The molecular weight excluding hydrogens is 295 g/mol. The van der Waals surface area contributed by atoms with Crippen LogP contribution in [0.5, 0.6) is 0 Å². The summed E-state index contributed by atoms with van der Waals surface area (Å²) in [6, 6.07) is -0.265. The molecule has 3 N–H and O–H groups in total. The van der Waals surface area contributed by atoms with Crippen LogP contribution in [0.3, 0.4) is 0 Å². The van der Waals surface area contributed by atoms with Gasteiger partial charge in [-0.3, -0.25) is 11.3 Å². The third kappa shape index (κ3) is 4.08. The number of thioether (sulfide) groups is 1. The molecule has 1 fully saturated rings. The smallest absolute Gasteiger partial charge is 0.271 e. The van der Waals surface area contributed by atoms with E-state index in [1.807, 2.05) is 0 Å². The number of hydrogen-bond donors (Lipinski definition) is 2. The molecule has 108 valence electrons. The Balaban J connectivity index is 1.94. The number of hydrazine groups is 1. The molecule has 19 heavy (non-hydrogen) atoms. The van der Waals surface area contributed by atoms with Gasteiger partial charge in [0.15, 0.2) is 5.01 Å². The van der Waals surface area contributed by atoms with E-state index in [1.54, 1.807) is 11.8 Å². The molecule has 1 aliphatic carbocycles. The van der Waals surface area contributed by atoms with Crippen molar-refractivity contribution >= 4 is 23.1 Å². The monoisotopic (exact) mass is 311 g/mol. The number of aromatic nitrogens is 1. The van der Waals surface area contributed by atoms with Crippen LogP contribution >= 0.6 is 23.1 Å². The Morgan fingerprint density at radius 3 is 2.68 bits per heavy atom. The van der Waals surface area contributed by atoms with Gasteiger partial charge in [-0.2, -0.15) is 24.9 Å². The highest BCUT2D eigenvalue weighted by Gasteiger charge is 2.35. The molecule has 2 rings (SSSR count). The Labute approximate surface area is 118 Å². The number of rotatable bonds is 5. The third-order valence-electron chi connectivity index (χ3n) is 3.11. The molecule has 1 unspecified atom stereocenters. The predicted molar refractivity (Wildman–Crippen MR) is 71.9 cm³/mol. The summed E-state index contributed by atoms with van der Waals surface area (Å²) < 4.78 is 37.5. The lowest BCUT2D eigenvalue weighted by atomic mass is 10.3. The Morgan fingerprint density at radius 2 is 2.16 bits per heavy atom. The Hall–Kier alpha value is -0.310. The van der Waals surface area contributed by atoms with Crippen molar-refractivity contribution in [1.82, 2.24) is 10.4 Å². The summed E-state index contributed by atoms with van der Waals surface area (Å²) in [6.07, 6.45) is 1.78. The first-order chi connectivity index (χ1) is 9.00. The number of nitrogens with two attached hydrogens (primary N) is 1. The lowest BCUT2D eigenvalue weighted by molar-refractivity contribution is -0.137. The zero-order valence-corrected chi connectivity index (χ0v) is 11.9. The van der Waals surface area contributed by atoms with Crippen molar-refractivity contribution in [3.63, 3.8) is 0 Å². The second-order valence-corrected chi connectivity index (χ2v) is 6.92. The van der Waals surface area contributed by atoms with Crippen LogP contribution in [0.25, 0.3) is 0 Å². The molecule has 0 amide bonds. The van der Waals surface area contributed by atoms with Gasteiger partial charge in [0.05, 0.1) is 6.04 Å². The number of nitrogens with one attached hydrogen (secondary N) is 1. The molecule has 1 aromatic rings. The average molecular weight is 311 g/mol. The highest BCUT2D eigenvalue weighted by Crippen LogP contribution is 2.36. The van der Waals surface area contributed by atoms with Crippen LogP contribution in [0.2, 0.25) is 0 Å². The minimum absolute atomic E-state index is 0.265. The van der Waals surface area contributed by atoms with Gasteiger partial charge >= 0.3 is 6.18 Å². The zero-order valence-electron chi connectivity index (χ0n) is 10.2. The highest BCUT2D eigenvalue weighted by atomic mass is 32.2. The van der Waals surface area contributed by atoms with E-state index in [2.05, 4.69) is 10.4 Å². The fraction of sp³-hybridized carbons (Fsp3) is 0.727. The normalized spacial score (nSPS) is 18.9. The average Bonchev–Trinajstić information content (AvgIpc) is 2.98. The summed E-state index contributed by atoms with van der Waals surface area (Å²) in [6.45, 7) is 0. The van der Waals surface area contributed by atoms with Gasteiger partial charge in [0.25, 0.3) is 0 Å². The zero-order chi connectivity index (χ0) is 13.9. The van der Waals surface area contributed by atoms with E-state index in [9.17, 15) is 13.2 Å². The van der Waals surface area contributed by atoms with Crippen molar-refractivity contribution < 1.29 is 13.2 Å². The minimum Gasteiger partial charge on any atom is -0.271 e. The van der Waals surface area contributed by atoms with E-state index >= 15 is 0 Å². The quantitative estimate of drug-likeness (QED) is 0.647. The van der Waals surface area contributed by atoms with Gasteiger partial charge in [-0.25, -0.2) is 4.98 Å². The molecule has 1 atom stereocenters. The molecule has 8 heteroatoms. The lowest BCUT2D eigenvalue weighted by Crippen LogP contribution is -2.29. The Kier molecular flexibility index (Phi) is 5.10. The second kappa shape index (κ2) is 6.43. The SMILES string of the molecule is NNC(CSC1CCCC1)c1cnc(C(F)(F)F)s1. The number of thiazole rings is 1. The predicted octanol–water partition coefficient (Wildman–Crippen LogP) is 3.34. The van der Waals surface area contributed by atoms with E-state index in [4.69, 9.17) is 5.84 Å². The summed E-state index contributed by atoms with van der Waals surface area (Å²) >= 11 is 2.45. The van der Waals surface area contributed by atoms with Crippen LogP contribution in [-0.4, -0.2) is 16.0 Å². The van der Waals surface area contributed by atoms with Gasteiger partial charge in [-0.15, -0.1) is 11.3 Å². The van der Waals surface area contributed by atoms with Crippen molar-refractivity contribution in [2.45, 2.75) is 43.2 Å². The second-order valence-electron chi connectivity index (χ2n) is 4.52. The van der Waals surface area contributed by atoms with Crippen LogP contribution in [0.1, 0.15) is 41.6 Å². The molecule has 1 aliphatic rings. The van der Waals surface area contributed by atoms with E-state index in [0.717, 1.165) is 0 Å². The third-order valence-corrected chi connectivity index (χ3v) is 5.74. The molecule has 0 aliphatic heterocycles. The Bertz CT molecular complexity index is 402. The topological polar surface area (TPSA) is 50.9 Å². The standard InChI is InChI=1S/C11H16F3N3S2/c12-11(13,14)10-16-5-9(19-10)8(17-15)6-18-7-3-1-2-4-7/h5,7-8,17H,1-4,6,15H2. The molecule has 1 aromatic heterocycles. The van der Waals surface area contributed by atoms with E-state index in [0.29, 0.717) is 27.2 Å². The summed E-state index contributed by atoms with van der Waals surface area (Å²) in [5.74, 6) is 6.12. The van der Waals surface area contributed by atoms with E-state index in [-0.39, 0.29) is 6.04 Å². The first-order valence-corrected chi connectivity index (χ1v) is 7.98. The van der Waals surface area contributed by atoms with Crippen molar-refractivity contribution in [3.8, 4) is 0 Å². The molecule has 0 bridgehead atoms. The van der Waals surface area contributed by atoms with Crippen molar-refractivity contribution in [1.29, 1.82) is 0 Å². The molecule has 0 radical (unpaired) electrons. The van der Waals surface area contributed by atoms with E-state index < -0.39 is 11.2 Å². The van der Waals surface area contributed by atoms with Crippen LogP contribution in [0.4, 0.5) is 13.2 Å². The van der Waals surface area contributed by atoms with Crippen LogP contribution in [-0.2, 0) is 6.18 Å². The molecule has 0 aromatic carbocycles. The summed E-state index contributed by atoms with van der Waals surface area (Å²) in [5, 5.41) is -0.195. The molecule has 1 heterocycles. The maximum Gasteiger partial charge on any atom is 0.443 e. The van der Waals surface area contributed by atoms with E-state index in [1.165, 1.54) is 31.9 Å². The number of alkyl halides is 3. The first kappa shape index (κ1) is 15.1. The molecular formula is C11H16F3N3S2. The van der Waals surface area contributed by atoms with Crippen LogP contribution in [0.15, 0.2) is 6.20 Å². The highest BCUT2D eigenvalue weighted by molar-refractivity contribution is 7.99. The minimum atomic E-state index is -4.37. The summed E-state index contributed by atoms with van der Waals surface area (Å²) in [7, 11) is 0. The number of halogens is 3. The summed E-state index contributed by atoms with van der Waals surface area (Å²) in [5.41, 5.74) is 2.59. The lowest BCUT2D eigenvalue weighted by Gasteiger charge is -2.16. The van der Waals surface area contributed by atoms with Crippen molar-refractivity contribution in [2.24, 2.45) is 5.84 Å². The van der Waals surface area contributed by atoms with Gasteiger partial charge in [0, 0.05) is 22.1 Å².